The van der Waals surface area contributed by atoms with Crippen LogP contribution in [0.5, 0.6) is 5.75 Å². The number of hydrogen-bond donors (Lipinski definition) is 1. The third kappa shape index (κ3) is 4.54. The summed E-state index contributed by atoms with van der Waals surface area (Å²) >= 11 is 0. The van der Waals surface area contributed by atoms with E-state index in [1.165, 1.54) is 12.0 Å². The van der Waals surface area contributed by atoms with Gasteiger partial charge in [-0.2, -0.15) is 0 Å². The Kier molecular flexibility index (Phi) is 6.90. The fourth-order valence-electron chi connectivity index (χ4n) is 3.41. The van der Waals surface area contributed by atoms with Gasteiger partial charge in [0.25, 0.3) is 11.7 Å². The van der Waals surface area contributed by atoms with Crippen LogP contribution in [-0.4, -0.2) is 48.6 Å². The molecule has 0 spiro atoms. The van der Waals surface area contributed by atoms with Crippen molar-refractivity contribution in [2.24, 2.45) is 5.92 Å². The summed E-state index contributed by atoms with van der Waals surface area (Å²) in [4.78, 5) is 27.0. The Morgan fingerprint density at radius 1 is 1.07 bits per heavy atom. The lowest BCUT2D eigenvalue weighted by molar-refractivity contribution is -0.140. The van der Waals surface area contributed by atoms with Gasteiger partial charge in [0.1, 0.15) is 11.5 Å². The number of nitrogens with zero attached hydrogens (tertiary/aromatic N) is 1. The van der Waals surface area contributed by atoms with E-state index in [1.54, 1.807) is 24.3 Å². The number of aliphatic hydroxyl groups excluding tert-OH is 1. The van der Waals surface area contributed by atoms with Gasteiger partial charge in [-0.05, 0) is 23.6 Å². The van der Waals surface area contributed by atoms with E-state index >= 15 is 0 Å². The van der Waals surface area contributed by atoms with Gasteiger partial charge in [-0.25, -0.2) is 0 Å². The molecule has 1 heterocycles. The Balaban J connectivity index is 2.03. The number of benzene rings is 2. The van der Waals surface area contributed by atoms with Gasteiger partial charge in [-0.3, -0.25) is 9.59 Å². The van der Waals surface area contributed by atoms with Crippen molar-refractivity contribution in [1.29, 1.82) is 0 Å². The number of ketones is 1. The first-order valence-corrected chi connectivity index (χ1v) is 9.99. The van der Waals surface area contributed by atoms with E-state index in [4.69, 9.17) is 9.47 Å². The number of carbonyl (C=O) groups is 2. The molecule has 1 atom stereocenters. The number of likely N-dealkylation sites (tertiary alicyclic amines) is 1. The number of Topliss-reactive ketones (excluding diaryl/α,β-unsaturated/α-hetero) is 1. The summed E-state index contributed by atoms with van der Waals surface area (Å²) in [5.74, 6) is -0.410. The molecule has 3 rings (SSSR count). The number of aliphatic hydroxyl groups is 1. The van der Waals surface area contributed by atoms with E-state index in [0.29, 0.717) is 23.8 Å². The average Bonchev–Trinajstić information content (AvgIpc) is 3.01. The van der Waals surface area contributed by atoms with Gasteiger partial charge in [0.2, 0.25) is 0 Å². The molecule has 1 amide bonds. The van der Waals surface area contributed by atoms with Crippen LogP contribution in [0.1, 0.15) is 31.0 Å². The smallest absolute Gasteiger partial charge is 0.295 e. The maximum Gasteiger partial charge on any atom is 0.295 e. The summed E-state index contributed by atoms with van der Waals surface area (Å²) in [5, 5.41) is 10.9. The SMILES string of the molecule is COCCN1C(=O)C(=O)/C(=C(\O)c2ccccc2)C1c1ccc(OCC(C)C)cc1. The van der Waals surface area contributed by atoms with Crippen LogP contribution in [0.15, 0.2) is 60.2 Å². The van der Waals surface area contributed by atoms with Gasteiger partial charge in [0.05, 0.1) is 24.8 Å². The summed E-state index contributed by atoms with van der Waals surface area (Å²) in [5.41, 5.74) is 1.29. The molecule has 0 aromatic heterocycles. The average molecular weight is 409 g/mol. The summed E-state index contributed by atoms with van der Waals surface area (Å²) in [6.45, 7) is 5.26. The van der Waals surface area contributed by atoms with E-state index in [1.807, 2.05) is 30.3 Å². The molecule has 1 unspecified atom stereocenters. The molecule has 158 valence electrons. The van der Waals surface area contributed by atoms with Gasteiger partial charge >= 0.3 is 0 Å². The molecule has 1 N–H and O–H groups in total. The fourth-order valence-corrected chi connectivity index (χ4v) is 3.41. The zero-order valence-corrected chi connectivity index (χ0v) is 17.5. The second-order valence-corrected chi connectivity index (χ2v) is 7.63. The van der Waals surface area contributed by atoms with E-state index in [9.17, 15) is 14.7 Å². The van der Waals surface area contributed by atoms with Crippen LogP contribution in [0.4, 0.5) is 0 Å². The predicted octanol–water partition coefficient (Wildman–Crippen LogP) is 3.79. The normalized spacial score (nSPS) is 18.3. The minimum absolute atomic E-state index is 0.0816. The molecule has 1 aliphatic rings. The van der Waals surface area contributed by atoms with Gasteiger partial charge in [-0.1, -0.05) is 56.3 Å². The second-order valence-electron chi connectivity index (χ2n) is 7.63. The molecule has 6 nitrogen and oxygen atoms in total. The van der Waals surface area contributed by atoms with Gasteiger partial charge < -0.3 is 19.5 Å². The van der Waals surface area contributed by atoms with Gasteiger partial charge in [0, 0.05) is 19.2 Å². The quantitative estimate of drug-likeness (QED) is 0.408. The lowest BCUT2D eigenvalue weighted by atomic mass is 9.95. The zero-order chi connectivity index (χ0) is 21.7. The zero-order valence-electron chi connectivity index (χ0n) is 17.5. The van der Waals surface area contributed by atoms with Gasteiger partial charge in [-0.15, -0.1) is 0 Å². The Morgan fingerprint density at radius 3 is 2.33 bits per heavy atom. The van der Waals surface area contributed by atoms with Crippen LogP contribution in [0.25, 0.3) is 5.76 Å². The summed E-state index contributed by atoms with van der Waals surface area (Å²) in [6, 6.07) is 15.4. The molecule has 6 heteroatoms. The Hall–Kier alpha value is -3.12. The molecule has 0 radical (unpaired) electrons. The standard InChI is InChI=1S/C24H27NO5/c1-16(2)15-30-19-11-9-17(10-12-19)21-20(22(26)18-7-5-4-6-8-18)23(27)24(28)25(21)13-14-29-3/h4-12,16,21,26H,13-15H2,1-3H3/b22-20-. The highest BCUT2D eigenvalue weighted by atomic mass is 16.5. The molecule has 1 fully saturated rings. The number of methoxy groups -OCH3 is 1. The highest BCUT2D eigenvalue weighted by molar-refractivity contribution is 6.46. The van der Waals surface area contributed by atoms with E-state index in [0.717, 1.165) is 5.56 Å². The molecule has 30 heavy (non-hydrogen) atoms. The number of carbonyl (C=O) groups excluding carboxylic acids is 2. The summed E-state index contributed by atoms with van der Waals surface area (Å²) in [7, 11) is 1.54. The largest absolute Gasteiger partial charge is 0.507 e. The van der Waals surface area contributed by atoms with Crippen molar-refractivity contribution in [2.45, 2.75) is 19.9 Å². The molecule has 0 saturated carbocycles. The Morgan fingerprint density at radius 2 is 1.73 bits per heavy atom. The fraction of sp³-hybridized carbons (Fsp3) is 0.333. The van der Waals surface area contributed by atoms with E-state index in [-0.39, 0.29) is 24.5 Å². The predicted molar refractivity (Wildman–Crippen MR) is 114 cm³/mol. The third-order valence-electron chi connectivity index (χ3n) is 4.90. The van der Waals surface area contributed by atoms with Crippen LogP contribution in [-0.2, 0) is 14.3 Å². The minimum Gasteiger partial charge on any atom is -0.507 e. The first-order valence-electron chi connectivity index (χ1n) is 9.99. The molecule has 2 aromatic carbocycles. The van der Waals surface area contributed by atoms with Crippen molar-refractivity contribution in [3.8, 4) is 5.75 Å². The lowest BCUT2D eigenvalue weighted by Crippen LogP contribution is -2.32. The van der Waals surface area contributed by atoms with Crippen LogP contribution in [0.2, 0.25) is 0 Å². The van der Waals surface area contributed by atoms with Gasteiger partial charge in [0.15, 0.2) is 0 Å². The minimum atomic E-state index is -0.697. The van der Waals surface area contributed by atoms with Crippen molar-refractivity contribution in [1.82, 2.24) is 4.90 Å². The van der Waals surface area contributed by atoms with Crippen LogP contribution in [0.3, 0.4) is 0 Å². The Bertz CT molecular complexity index is 918. The highest BCUT2D eigenvalue weighted by Crippen LogP contribution is 2.39. The van der Waals surface area contributed by atoms with Crippen molar-refractivity contribution in [3.63, 3.8) is 0 Å². The van der Waals surface area contributed by atoms with Crippen molar-refractivity contribution in [3.05, 3.63) is 71.3 Å². The highest BCUT2D eigenvalue weighted by Gasteiger charge is 2.45. The van der Waals surface area contributed by atoms with E-state index in [2.05, 4.69) is 13.8 Å². The maximum absolute atomic E-state index is 12.8. The molecule has 1 saturated heterocycles. The molecular weight excluding hydrogens is 382 g/mol. The van der Waals surface area contributed by atoms with Crippen LogP contribution in [0, 0.1) is 5.92 Å². The molecular formula is C24H27NO5. The number of rotatable bonds is 8. The van der Waals surface area contributed by atoms with Crippen LogP contribution >= 0.6 is 0 Å². The number of ether oxygens (including phenoxy) is 2. The summed E-state index contributed by atoms with van der Waals surface area (Å²) in [6.07, 6.45) is 0. The third-order valence-corrected chi connectivity index (χ3v) is 4.90. The maximum atomic E-state index is 12.8. The monoisotopic (exact) mass is 409 g/mol. The molecule has 1 aliphatic heterocycles. The lowest BCUT2D eigenvalue weighted by Gasteiger charge is -2.25. The molecule has 2 aromatic rings. The van der Waals surface area contributed by atoms with E-state index < -0.39 is 17.7 Å². The van der Waals surface area contributed by atoms with Crippen molar-refractivity contribution in [2.75, 3.05) is 26.9 Å². The van der Waals surface area contributed by atoms with Crippen molar-refractivity contribution < 1.29 is 24.2 Å². The first-order chi connectivity index (χ1) is 14.4. The Labute approximate surface area is 176 Å². The summed E-state index contributed by atoms with van der Waals surface area (Å²) < 4.78 is 10.9. The molecule has 0 bridgehead atoms. The van der Waals surface area contributed by atoms with Crippen LogP contribution < -0.4 is 4.74 Å². The molecule has 0 aliphatic carbocycles. The topological polar surface area (TPSA) is 76.1 Å². The second kappa shape index (κ2) is 9.59. The first kappa shape index (κ1) is 21.6. The number of hydrogen-bond acceptors (Lipinski definition) is 5. The number of amides is 1. The van der Waals surface area contributed by atoms with Crippen molar-refractivity contribution >= 4 is 17.4 Å².